The van der Waals surface area contributed by atoms with Crippen LogP contribution in [-0.4, -0.2) is 39.0 Å². The number of nitrogens with zero attached hydrogens (tertiary/aromatic N) is 1. The molecule has 0 saturated heterocycles. The number of carboxylic acids is 1. The highest BCUT2D eigenvalue weighted by Gasteiger charge is 2.43. The predicted octanol–water partition coefficient (Wildman–Crippen LogP) is 5.94. The van der Waals surface area contributed by atoms with Gasteiger partial charge in [-0.2, -0.15) is 0 Å². The summed E-state index contributed by atoms with van der Waals surface area (Å²) in [6, 6.07) is 14.6. The molecule has 1 fully saturated rings. The topological polar surface area (TPSA) is 74.7 Å². The van der Waals surface area contributed by atoms with Crippen molar-refractivity contribution in [3.8, 4) is 5.75 Å². The summed E-state index contributed by atoms with van der Waals surface area (Å²) in [5.41, 5.74) is 1.37. The van der Waals surface area contributed by atoms with Crippen LogP contribution in [0.15, 0.2) is 53.5 Å². The van der Waals surface area contributed by atoms with Crippen LogP contribution in [0.2, 0.25) is 0 Å². The van der Waals surface area contributed by atoms with Gasteiger partial charge in [-0.1, -0.05) is 37.5 Å². The Kier molecular flexibility index (Phi) is 6.15. The van der Waals surface area contributed by atoms with E-state index >= 15 is 0 Å². The zero-order valence-electron chi connectivity index (χ0n) is 18.4. The van der Waals surface area contributed by atoms with Gasteiger partial charge >= 0.3 is 5.97 Å². The van der Waals surface area contributed by atoms with E-state index in [0.29, 0.717) is 22.2 Å². The Morgan fingerprint density at radius 2 is 2.00 bits per heavy atom. The second-order valence-electron chi connectivity index (χ2n) is 9.00. The third-order valence-electron chi connectivity index (χ3n) is 6.65. The van der Waals surface area contributed by atoms with Crippen LogP contribution >= 0.6 is 11.8 Å². The molecule has 1 aliphatic heterocycles. The van der Waals surface area contributed by atoms with E-state index in [0.717, 1.165) is 16.8 Å². The van der Waals surface area contributed by atoms with Crippen molar-refractivity contribution in [2.45, 2.75) is 50.0 Å². The minimum absolute atomic E-state index is 0.216. The molecule has 0 radical (unpaired) electrons. The number of nitrogens with one attached hydrogen (secondary N) is 1. The fraction of sp³-hybridized carbons (Fsp3) is 0.385. The van der Waals surface area contributed by atoms with E-state index in [2.05, 4.69) is 22.1 Å². The summed E-state index contributed by atoms with van der Waals surface area (Å²) < 4.78 is 19.7. The molecule has 5 rings (SSSR count). The smallest absolute Gasteiger partial charge is 0.332 e. The number of aliphatic carboxylic acids is 1. The molecule has 33 heavy (non-hydrogen) atoms. The van der Waals surface area contributed by atoms with Crippen molar-refractivity contribution in [2.24, 2.45) is 4.99 Å². The second-order valence-corrected chi connectivity index (χ2v) is 10.0. The van der Waals surface area contributed by atoms with Crippen molar-refractivity contribution >= 4 is 33.7 Å². The summed E-state index contributed by atoms with van der Waals surface area (Å²) in [4.78, 5) is 20.0. The number of benzene rings is 2. The van der Waals surface area contributed by atoms with Gasteiger partial charge in [-0.05, 0) is 60.0 Å². The van der Waals surface area contributed by atoms with Gasteiger partial charge in [-0.3, -0.25) is 4.99 Å². The molecule has 2 N–H and O–H groups in total. The first-order valence-corrected chi connectivity index (χ1v) is 12.4. The number of halogens is 1. The molecule has 0 bridgehead atoms. The van der Waals surface area contributed by atoms with Gasteiger partial charge in [0.05, 0.1) is 0 Å². The molecule has 3 aromatic rings. The number of thioether (sulfide) groups is 1. The van der Waals surface area contributed by atoms with Gasteiger partial charge < -0.3 is 14.8 Å². The maximum atomic E-state index is 13.5. The number of carbonyl (C=O) groups is 1. The molecule has 7 heteroatoms. The summed E-state index contributed by atoms with van der Waals surface area (Å²) in [7, 11) is 0. The van der Waals surface area contributed by atoms with E-state index in [4.69, 9.17) is 4.74 Å². The Hall–Kier alpha value is -2.80. The fourth-order valence-corrected chi connectivity index (χ4v) is 6.00. The molecule has 1 unspecified atom stereocenters. The second kappa shape index (κ2) is 9.21. The third kappa shape index (κ3) is 4.64. The van der Waals surface area contributed by atoms with Crippen LogP contribution in [0.3, 0.4) is 0 Å². The lowest BCUT2D eigenvalue weighted by Gasteiger charge is -2.24. The maximum Gasteiger partial charge on any atom is 0.332 e. The van der Waals surface area contributed by atoms with Crippen molar-refractivity contribution in [1.29, 1.82) is 0 Å². The number of aliphatic imine (C=N–C) groups is 1. The predicted molar refractivity (Wildman–Crippen MR) is 130 cm³/mol. The van der Waals surface area contributed by atoms with Gasteiger partial charge in [-0.15, -0.1) is 11.8 Å². The fourth-order valence-electron chi connectivity index (χ4n) is 4.93. The summed E-state index contributed by atoms with van der Waals surface area (Å²) in [6.07, 6.45) is 6.40. The van der Waals surface area contributed by atoms with E-state index in [-0.39, 0.29) is 18.8 Å². The van der Waals surface area contributed by atoms with Crippen LogP contribution in [0.25, 0.3) is 10.9 Å². The number of H-pyrrole nitrogens is 1. The van der Waals surface area contributed by atoms with Gasteiger partial charge in [0.25, 0.3) is 0 Å². The molecule has 172 valence electrons. The van der Waals surface area contributed by atoms with Crippen LogP contribution in [0, 0.1) is 5.82 Å². The zero-order chi connectivity index (χ0) is 22.8. The van der Waals surface area contributed by atoms with E-state index in [1.807, 2.05) is 18.2 Å². The van der Waals surface area contributed by atoms with Crippen LogP contribution in [0.1, 0.15) is 49.3 Å². The van der Waals surface area contributed by atoms with Crippen molar-refractivity contribution in [3.63, 3.8) is 0 Å². The molecule has 5 nitrogen and oxygen atoms in total. The minimum Gasteiger partial charge on any atom is -0.486 e. The summed E-state index contributed by atoms with van der Waals surface area (Å²) in [5.74, 6) is 0.453. The van der Waals surface area contributed by atoms with Crippen LogP contribution < -0.4 is 4.74 Å². The highest BCUT2D eigenvalue weighted by Crippen LogP contribution is 2.38. The highest BCUT2D eigenvalue weighted by atomic mass is 32.2. The maximum absolute atomic E-state index is 13.5. The molecular formula is C26H27FN2O3S. The number of fused-ring (bicyclic) bond motifs is 1. The standard InChI is InChI=1S/C26H27FN2O3S/c27-19-11-10-18-12-20(28-22(18)13-19)14-26(25(30)31)16-33-24(29-26)15-32-23-9-5-4-8-21(23)17-6-2-1-3-7-17/h4-5,8-13,17,28H,1-3,6-7,14-16H2,(H,30,31). The zero-order valence-corrected chi connectivity index (χ0v) is 19.2. The molecule has 1 saturated carbocycles. The van der Waals surface area contributed by atoms with Gasteiger partial charge in [0.2, 0.25) is 0 Å². The van der Waals surface area contributed by atoms with E-state index in [1.54, 1.807) is 6.07 Å². The van der Waals surface area contributed by atoms with Crippen molar-refractivity contribution in [3.05, 3.63) is 65.6 Å². The first kappa shape index (κ1) is 22.0. The van der Waals surface area contributed by atoms with Crippen molar-refractivity contribution < 1.29 is 19.0 Å². The van der Waals surface area contributed by atoms with E-state index in [1.165, 1.54) is 61.6 Å². The van der Waals surface area contributed by atoms with Gasteiger partial charge in [0, 0.05) is 23.4 Å². The third-order valence-corrected chi connectivity index (χ3v) is 7.82. The number of hydrogen-bond acceptors (Lipinski definition) is 4. The highest BCUT2D eigenvalue weighted by molar-refractivity contribution is 8.14. The first-order valence-electron chi connectivity index (χ1n) is 11.5. The van der Waals surface area contributed by atoms with Crippen molar-refractivity contribution in [1.82, 2.24) is 4.98 Å². The summed E-state index contributed by atoms with van der Waals surface area (Å²) >= 11 is 1.44. The molecule has 0 amide bonds. The first-order chi connectivity index (χ1) is 16.0. The average Bonchev–Trinajstić information content (AvgIpc) is 3.42. The van der Waals surface area contributed by atoms with E-state index in [9.17, 15) is 14.3 Å². The quantitative estimate of drug-likeness (QED) is 0.452. The minimum atomic E-state index is -1.26. The average molecular weight is 467 g/mol. The molecule has 1 aromatic heterocycles. The number of carboxylic acid groups (broad SMARTS) is 1. The molecule has 1 atom stereocenters. The summed E-state index contributed by atoms with van der Waals surface area (Å²) in [6.45, 7) is 0.265. The lowest BCUT2D eigenvalue weighted by Crippen LogP contribution is -2.39. The Bertz CT molecular complexity index is 1200. The molecule has 2 heterocycles. The Balaban J connectivity index is 1.32. The Labute approximate surface area is 196 Å². The SMILES string of the molecule is O=C(O)C1(Cc2cc3ccc(F)cc3[nH]2)CSC(COc2ccccc2C2CCCCC2)=N1. The molecule has 2 aromatic carbocycles. The number of hydrogen-bond donors (Lipinski definition) is 2. The van der Waals surface area contributed by atoms with Crippen LogP contribution in [-0.2, 0) is 11.2 Å². The van der Waals surface area contributed by atoms with Crippen molar-refractivity contribution in [2.75, 3.05) is 12.4 Å². The monoisotopic (exact) mass is 466 g/mol. The number of para-hydroxylation sites is 1. The molecule has 0 spiro atoms. The normalized spacial score (nSPS) is 21.3. The van der Waals surface area contributed by atoms with Gasteiger partial charge in [0.15, 0.2) is 5.54 Å². The largest absolute Gasteiger partial charge is 0.486 e. The summed E-state index contributed by atoms with van der Waals surface area (Å²) in [5, 5.41) is 11.6. The number of ether oxygens (including phenoxy) is 1. The number of aromatic nitrogens is 1. The lowest BCUT2D eigenvalue weighted by atomic mass is 9.84. The molecular weight excluding hydrogens is 439 g/mol. The molecule has 1 aliphatic carbocycles. The van der Waals surface area contributed by atoms with Crippen LogP contribution in [0.5, 0.6) is 5.75 Å². The van der Waals surface area contributed by atoms with Gasteiger partial charge in [0.1, 0.15) is 23.2 Å². The van der Waals surface area contributed by atoms with Gasteiger partial charge in [-0.25, -0.2) is 9.18 Å². The Morgan fingerprint density at radius 1 is 1.18 bits per heavy atom. The van der Waals surface area contributed by atoms with E-state index < -0.39 is 11.5 Å². The number of aromatic amines is 1. The lowest BCUT2D eigenvalue weighted by molar-refractivity contribution is -0.142. The molecule has 2 aliphatic rings. The Morgan fingerprint density at radius 3 is 2.82 bits per heavy atom. The van der Waals surface area contributed by atoms with Crippen LogP contribution in [0.4, 0.5) is 4.39 Å². The number of rotatable bonds is 7.